The van der Waals surface area contributed by atoms with E-state index in [1.54, 1.807) is 13.3 Å². The average molecular weight is 446 g/mol. The molecule has 32 heavy (non-hydrogen) atoms. The minimum Gasteiger partial charge on any atom is -0.496 e. The van der Waals surface area contributed by atoms with Gasteiger partial charge in [0.2, 0.25) is 0 Å². The summed E-state index contributed by atoms with van der Waals surface area (Å²) in [5.41, 5.74) is 7.67. The molecule has 166 valence electrons. The summed E-state index contributed by atoms with van der Waals surface area (Å²) in [4.78, 5) is 13.4. The summed E-state index contributed by atoms with van der Waals surface area (Å²) in [6.07, 6.45) is 1.75. The molecule has 0 unspecified atom stereocenters. The Morgan fingerprint density at radius 3 is 2.38 bits per heavy atom. The van der Waals surface area contributed by atoms with E-state index in [1.165, 1.54) is 0 Å². The molecule has 0 bridgehead atoms. The van der Waals surface area contributed by atoms with E-state index in [1.807, 2.05) is 63.2 Å². The number of ether oxygens (including phenoxy) is 1. The number of hydrogen-bond acceptors (Lipinski definition) is 3. The monoisotopic (exact) mass is 445 g/mol. The molecule has 3 aromatic rings. The van der Waals surface area contributed by atoms with Gasteiger partial charge in [0, 0.05) is 28.4 Å². The highest BCUT2D eigenvalue weighted by atomic mass is 28.3. The van der Waals surface area contributed by atoms with Crippen LogP contribution in [0.2, 0.25) is 19.6 Å². The summed E-state index contributed by atoms with van der Waals surface area (Å²) >= 11 is 0. The van der Waals surface area contributed by atoms with Gasteiger partial charge in [0.15, 0.2) is 0 Å². The summed E-state index contributed by atoms with van der Waals surface area (Å²) in [5, 5.41) is 10.2. The first-order valence-corrected chi connectivity index (χ1v) is 14.2. The third kappa shape index (κ3) is 5.68. The Hall–Kier alpha value is -3.30. The number of aromatic amines is 1. The quantitative estimate of drug-likeness (QED) is 0.411. The van der Waals surface area contributed by atoms with Crippen LogP contribution >= 0.6 is 0 Å². The van der Waals surface area contributed by atoms with Crippen molar-refractivity contribution in [2.75, 3.05) is 7.11 Å². The molecular formula is C26H31N3O2Si. The van der Waals surface area contributed by atoms with Crippen LogP contribution in [0.25, 0.3) is 22.4 Å². The first-order chi connectivity index (χ1) is 15.0. The van der Waals surface area contributed by atoms with Crippen molar-refractivity contribution in [2.24, 2.45) is 0 Å². The van der Waals surface area contributed by atoms with Crippen molar-refractivity contribution in [2.45, 2.75) is 46.0 Å². The standard InChI is InChI=1S/C26H31N3O2Si/c1-26(2,3)28-25(30)21-16-22(23-12-14-27-29-23)24(31-4)17-20(21)19-11-9-8-10-18(19)13-15-32(5,6)7/h8-12,14,16-17H,1-7H3,(H,27,29)(H,28,30). The van der Waals surface area contributed by atoms with Crippen LogP contribution in [0, 0.1) is 11.5 Å². The Kier molecular flexibility index (Phi) is 6.61. The van der Waals surface area contributed by atoms with Gasteiger partial charge in [-0.1, -0.05) is 43.8 Å². The predicted octanol–water partition coefficient (Wildman–Crippen LogP) is 5.51. The molecule has 0 saturated heterocycles. The third-order valence-electron chi connectivity index (χ3n) is 4.64. The van der Waals surface area contributed by atoms with Gasteiger partial charge in [-0.15, -0.1) is 5.54 Å². The van der Waals surface area contributed by atoms with Gasteiger partial charge in [-0.2, -0.15) is 5.10 Å². The molecule has 6 heteroatoms. The first-order valence-electron chi connectivity index (χ1n) is 10.7. The fraction of sp³-hybridized carbons (Fsp3) is 0.308. The predicted molar refractivity (Wildman–Crippen MR) is 133 cm³/mol. The zero-order chi connectivity index (χ0) is 23.5. The molecule has 0 radical (unpaired) electrons. The largest absolute Gasteiger partial charge is 0.496 e. The second-order valence-electron chi connectivity index (χ2n) is 9.81. The number of nitrogens with one attached hydrogen (secondary N) is 2. The van der Waals surface area contributed by atoms with Crippen LogP contribution in [-0.4, -0.2) is 36.8 Å². The van der Waals surface area contributed by atoms with E-state index in [9.17, 15) is 4.79 Å². The first kappa shape index (κ1) is 23.4. The molecule has 1 amide bonds. The van der Waals surface area contributed by atoms with Gasteiger partial charge >= 0.3 is 0 Å². The summed E-state index contributed by atoms with van der Waals surface area (Å²) in [5.74, 6) is 3.86. The van der Waals surface area contributed by atoms with Crippen molar-refractivity contribution in [3.63, 3.8) is 0 Å². The van der Waals surface area contributed by atoms with Crippen LogP contribution in [0.4, 0.5) is 0 Å². The van der Waals surface area contributed by atoms with Crippen LogP contribution in [0.3, 0.4) is 0 Å². The lowest BCUT2D eigenvalue weighted by molar-refractivity contribution is 0.0920. The van der Waals surface area contributed by atoms with E-state index in [2.05, 4.69) is 46.6 Å². The zero-order valence-corrected chi connectivity index (χ0v) is 20.9. The lowest BCUT2D eigenvalue weighted by atomic mass is 9.92. The zero-order valence-electron chi connectivity index (χ0n) is 19.9. The normalized spacial score (nSPS) is 11.5. The maximum Gasteiger partial charge on any atom is 0.252 e. The van der Waals surface area contributed by atoms with Crippen LogP contribution in [0.1, 0.15) is 36.7 Å². The summed E-state index contributed by atoms with van der Waals surface area (Å²) in [6, 6.07) is 13.6. The SMILES string of the molecule is COc1cc(-c2ccccc2C#C[Si](C)(C)C)c(C(=O)NC(C)(C)C)cc1-c1cc[nH]n1. The molecule has 0 fully saturated rings. The fourth-order valence-electron chi connectivity index (χ4n) is 3.26. The van der Waals surface area contributed by atoms with E-state index in [4.69, 9.17) is 4.74 Å². The van der Waals surface area contributed by atoms with Crippen LogP contribution in [0.5, 0.6) is 5.75 Å². The van der Waals surface area contributed by atoms with E-state index in [0.29, 0.717) is 17.0 Å². The Balaban J connectivity index is 2.28. The van der Waals surface area contributed by atoms with Crippen molar-refractivity contribution >= 4 is 14.0 Å². The number of nitrogens with zero attached hydrogens (tertiary/aromatic N) is 1. The van der Waals surface area contributed by atoms with E-state index in [-0.39, 0.29) is 11.4 Å². The topological polar surface area (TPSA) is 67.0 Å². The van der Waals surface area contributed by atoms with Crippen molar-refractivity contribution in [3.05, 3.63) is 59.8 Å². The highest BCUT2D eigenvalue weighted by molar-refractivity contribution is 6.83. The number of hydrogen-bond donors (Lipinski definition) is 2. The Morgan fingerprint density at radius 1 is 1.06 bits per heavy atom. The Labute approximate surface area is 191 Å². The molecule has 0 aliphatic carbocycles. The average Bonchev–Trinajstić information content (AvgIpc) is 3.24. The summed E-state index contributed by atoms with van der Waals surface area (Å²) < 4.78 is 5.71. The number of aromatic nitrogens is 2. The van der Waals surface area contributed by atoms with Gasteiger partial charge < -0.3 is 10.1 Å². The number of rotatable bonds is 4. The fourth-order valence-corrected chi connectivity index (χ4v) is 3.77. The van der Waals surface area contributed by atoms with Gasteiger partial charge in [-0.25, -0.2) is 0 Å². The van der Waals surface area contributed by atoms with Gasteiger partial charge in [-0.05, 0) is 56.2 Å². The van der Waals surface area contributed by atoms with Crippen molar-refractivity contribution in [1.29, 1.82) is 0 Å². The molecule has 1 aromatic heterocycles. The van der Waals surface area contributed by atoms with Crippen LogP contribution in [-0.2, 0) is 0 Å². The van der Waals surface area contributed by atoms with E-state index < -0.39 is 8.07 Å². The molecular weight excluding hydrogens is 414 g/mol. The minimum absolute atomic E-state index is 0.153. The molecule has 0 aliphatic rings. The van der Waals surface area contributed by atoms with Crippen LogP contribution < -0.4 is 10.1 Å². The second kappa shape index (κ2) is 9.05. The molecule has 0 spiro atoms. The molecule has 3 rings (SSSR count). The highest BCUT2D eigenvalue weighted by Crippen LogP contribution is 2.37. The Bertz CT molecular complexity index is 1170. The number of benzene rings is 2. The van der Waals surface area contributed by atoms with Gasteiger partial charge in [0.1, 0.15) is 13.8 Å². The molecule has 2 N–H and O–H groups in total. The number of methoxy groups -OCH3 is 1. The van der Waals surface area contributed by atoms with E-state index in [0.717, 1.165) is 22.3 Å². The van der Waals surface area contributed by atoms with Crippen molar-refractivity contribution in [3.8, 4) is 39.6 Å². The maximum atomic E-state index is 13.4. The van der Waals surface area contributed by atoms with Crippen molar-refractivity contribution < 1.29 is 9.53 Å². The minimum atomic E-state index is -1.57. The van der Waals surface area contributed by atoms with Gasteiger partial charge in [-0.3, -0.25) is 9.89 Å². The van der Waals surface area contributed by atoms with Crippen LogP contribution in [0.15, 0.2) is 48.7 Å². The number of carbonyl (C=O) groups is 1. The smallest absolute Gasteiger partial charge is 0.252 e. The Morgan fingerprint density at radius 2 is 1.78 bits per heavy atom. The summed E-state index contributed by atoms with van der Waals surface area (Å²) in [7, 11) is 0.0551. The molecule has 0 saturated carbocycles. The molecule has 5 nitrogen and oxygen atoms in total. The molecule has 2 aromatic carbocycles. The lowest BCUT2D eigenvalue weighted by Crippen LogP contribution is -2.40. The molecule has 1 heterocycles. The lowest BCUT2D eigenvalue weighted by Gasteiger charge is -2.23. The number of carbonyl (C=O) groups excluding carboxylic acids is 1. The molecule has 0 aliphatic heterocycles. The highest BCUT2D eigenvalue weighted by Gasteiger charge is 2.23. The second-order valence-corrected chi connectivity index (χ2v) is 14.6. The van der Waals surface area contributed by atoms with Crippen molar-refractivity contribution in [1.82, 2.24) is 15.5 Å². The number of H-pyrrole nitrogens is 1. The van der Waals surface area contributed by atoms with E-state index >= 15 is 0 Å². The maximum absolute atomic E-state index is 13.4. The third-order valence-corrected chi connectivity index (χ3v) is 5.51. The molecule has 0 atom stereocenters. The number of amides is 1. The van der Waals surface area contributed by atoms with Gasteiger partial charge in [0.05, 0.1) is 12.8 Å². The summed E-state index contributed by atoms with van der Waals surface area (Å²) in [6.45, 7) is 12.5. The van der Waals surface area contributed by atoms with Gasteiger partial charge in [0.25, 0.3) is 5.91 Å².